The molecule has 3 rings (SSSR count). The van der Waals surface area contributed by atoms with E-state index in [0.717, 1.165) is 16.6 Å². The normalized spacial score (nSPS) is 10.8. The molecule has 6 nitrogen and oxygen atoms in total. The van der Waals surface area contributed by atoms with Gasteiger partial charge in [-0.2, -0.15) is 0 Å². The monoisotopic (exact) mass is 253 g/mol. The van der Waals surface area contributed by atoms with Crippen LogP contribution in [-0.4, -0.2) is 19.9 Å². The molecular weight excluding hydrogens is 242 g/mol. The van der Waals surface area contributed by atoms with Gasteiger partial charge < -0.3 is 10.7 Å². The summed E-state index contributed by atoms with van der Waals surface area (Å²) in [5, 5.41) is 0. The predicted molar refractivity (Wildman–Crippen MR) is 72.5 cm³/mol. The molecule has 0 saturated carbocycles. The van der Waals surface area contributed by atoms with E-state index in [1.165, 1.54) is 0 Å². The molecule has 3 aromatic rings. The van der Waals surface area contributed by atoms with Crippen molar-refractivity contribution in [3.05, 3.63) is 46.5 Å². The summed E-state index contributed by atoms with van der Waals surface area (Å²) < 4.78 is 0. The van der Waals surface area contributed by atoms with E-state index in [1.807, 2.05) is 18.2 Å². The van der Waals surface area contributed by atoms with Crippen LogP contribution in [0, 0.1) is 6.92 Å². The molecule has 0 bridgehead atoms. The standard InChI is InChI=1S/C13H11N5O/c1-7-11(14)17-12(18-13(7)19)8-2-3-9-10(6-8)16-5-4-15-9/h2-6H,1H3,(H3,14,17,18,19). The van der Waals surface area contributed by atoms with Crippen molar-refractivity contribution in [3.8, 4) is 11.4 Å². The second-order valence-corrected chi connectivity index (χ2v) is 4.18. The molecule has 2 aromatic heterocycles. The number of nitrogens with one attached hydrogen (secondary N) is 1. The molecule has 0 saturated heterocycles. The number of H-pyrrole nitrogens is 1. The number of aromatic amines is 1. The van der Waals surface area contributed by atoms with E-state index in [1.54, 1.807) is 19.3 Å². The van der Waals surface area contributed by atoms with Crippen molar-refractivity contribution >= 4 is 16.9 Å². The first-order chi connectivity index (χ1) is 9.15. The van der Waals surface area contributed by atoms with E-state index in [2.05, 4.69) is 19.9 Å². The zero-order chi connectivity index (χ0) is 13.4. The summed E-state index contributed by atoms with van der Waals surface area (Å²) in [7, 11) is 0. The highest BCUT2D eigenvalue weighted by Gasteiger charge is 2.07. The fourth-order valence-corrected chi connectivity index (χ4v) is 1.80. The summed E-state index contributed by atoms with van der Waals surface area (Å²) in [4.78, 5) is 27.0. The van der Waals surface area contributed by atoms with Gasteiger partial charge >= 0.3 is 0 Å². The number of hydrogen-bond donors (Lipinski definition) is 2. The number of hydrogen-bond acceptors (Lipinski definition) is 5. The molecule has 0 spiro atoms. The molecule has 1 aromatic carbocycles. The molecule has 3 N–H and O–H groups in total. The first-order valence-corrected chi connectivity index (χ1v) is 5.72. The van der Waals surface area contributed by atoms with Crippen molar-refractivity contribution in [2.24, 2.45) is 0 Å². The molecule has 19 heavy (non-hydrogen) atoms. The van der Waals surface area contributed by atoms with Crippen LogP contribution in [0.1, 0.15) is 5.56 Å². The van der Waals surface area contributed by atoms with Gasteiger partial charge in [0.2, 0.25) is 0 Å². The van der Waals surface area contributed by atoms with Crippen LogP contribution < -0.4 is 11.3 Å². The number of benzene rings is 1. The molecule has 0 amide bonds. The fraction of sp³-hybridized carbons (Fsp3) is 0.0769. The Morgan fingerprint density at radius 3 is 2.63 bits per heavy atom. The molecule has 0 fully saturated rings. The van der Waals surface area contributed by atoms with Crippen LogP contribution in [0.25, 0.3) is 22.4 Å². The minimum absolute atomic E-state index is 0.234. The Bertz CT molecular complexity index is 825. The molecule has 2 heterocycles. The van der Waals surface area contributed by atoms with Crippen LogP contribution in [0.4, 0.5) is 5.82 Å². The first-order valence-electron chi connectivity index (χ1n) is 5.72. The number of nitrogen functional groups attached to an aromatic ring is 1. The number of fused-ring (bicyclic) bond motifs is 1. The van der Waals surface area contributed by atoms with E-state index in [9.17, 15) is 4.79 Å². The minimum Gasteiger partial charge on any atom is -0.383 e. The molecule has 94 valence electrons. The van der Waals surface area contributed by atoms with E-state index < -0.39 is 0 Å². The lowest BCUT2D eigenvalue weighted by Gasteiger charge is -2.04. The third-order valence-electron chi connectivity index (χ3n) is 2.93. The maximum Gasteiger partial charge on any atom is 0.256 e. The van der Waals surface area contributed by atoms with Crippen molar-refractivity contribution in [2.45, 2.75) is 6.92 Å². The Morgan fingerprint density at radius 1 is 1.16 bits per heavy atom. The fourth-order valence-electron chi connectivity index (χ4n) is 1.80. The van der Waals surface area contributed by atoms with Crippen molar-refractivity contribution in [2.75, 3.05) is 5.73 Å². The minimum atomic E-state index is -0.234. The second kappa shape index (κ2) is 4.16. The lowest BCUT2D eigenvalue weighted by molar-refractivity contribution is 1.10. The van der Waals surface area contributed by atoms with Gasteiger partial charge in [0.1, 0.15) is 11.6 Å². The zero-order valence-corrected chi connectivity index (χ0v) is 10.2. The average Bonchev–Trinajstić information content (AvgIpc) is 2.43. The van der Waals surface area contributed by atoms with Crippen LogP contribution >= 0.6 is 0 Å². The van der Waals surface area contributed by atoms with Gasteiger partial charge in [0, 0.05) is 18.0 Å². The average molecular weight is 253 g/mol. The summed E-state index contributed by atoms with van der Waals surface area (Å²) in [6.07, 6.45) is 3.25. The van der Waals surface area contributed by atoms with Gasteiger partial charge in [0.25, 0.3) is 5.56 Å². The topological polar surface area (TPSA) is 97.5 Å². The van der Waals surface area contributed by atoms with E-state index in [0.29, 0.717) is 11.4 Å². The highest BCUT2D eigenvalue weighted by atomic mass is 16.1. The summed E-state index contributed by atoms with van der Waals surface area (Å²) in [5.41, 5.74) is 8.17. The maximum absolute atomic E-state index is 11.7. The second-order valence-electron chi connectivity index (χ2n) is 4.18. The van der Waals surface area contributed by atoms with Crippen LogP contribution in [0.2, 0.25) is 0 Å². The maximum atomic E-state index is 11.7. The molecule has 6 heteroatoms. The van der Waals surface area contributed by atoms with Gasteiger partial charge in [-0.1, -0.05) is 0 Å². The number of rotatable bonds is 1. The third kappa shape index (κ3) is 1.93. The smallest absolute Gasteiger partial charge is 0.256 e. The highest BCUT2D eigenvalue weighted by Crippen LogP contribution is 2.19. The number of nitrogens with two attached hydrogens (primary N) is 1. The molecule has 0 aliphatic rings. The van der Waals surface area contributed by atoms with Gasteiger partial charge in [-0.05, 0) is 25.1 Å². The predicted octanol–water partition coefficient (Wildman–Crippen LogP) is 1.27. The summed E-state index contributed by atoms with van der Waals surface area (Å²) in [6.45, 7) is 1.64. The summed E-state index contributed by atoms with van der Waals surface area (Å²) in [6, 6.07) is 5.47. The van der Waals surface area contributed by atoms with Gasteiger partial charge in [0.15, 0.2) is 0 Å². The molecule has 0 atom stereocenters. The SMILES string of the molecule is Cc1c(N)nc(-c2ccc3nccnc3c2)[nH]c1=O. The lowest BCUT2D eigenvalue weighted by atomic mass is 10.1. The third-order valence-corrected chi connectivity index (χ3v) is 2.93. The highest BCUT2D eigenvalue weighted by molar-refractivity contribution is 5.79. The van der Waals surface area contributed by atoms with Gasteiger partial charge in [-0.25, -0.2) is 4.98 Å². The van der Waals surface area contributed by atoms with Crippen LogP contribution in [0.15, 0.2) is 35.4 Å². The Hall–Kier alpha value is -2.76. The molecule has 0 aliphatic carbocycles. The number of nitrogens with zero attached hydrogens (tertiary/aromatic N) is 3. The molecule has 0 unspecified atom stereocenters. The van der Waals surface area contributed by atoms with Crippen LogP contribution in [0.3, 0.4) is 0 Å². The van der Waals surface area contributed by atoms with Crippen molar-refractivity contribution < 1.29 is 0 Å². The van der Waals surface area contributed by atoms with E-state index in [4.69, 9.17) is 5.73 Å². The Kier molecular flexibility index (Phi) is 2.49. The van der Waals surface area contributed by atoms with Gasteiger partial charge in [-0.15, -0.1) is 0 Å². The van der Waals surface area contributed by atoms with Crippen LogP contribution in [0.5, 0.6) is 0 Å². The largest absolute Gasteiger partial charge is 0.383 e. The Morgan fingerprint density at radius 2 is 1.89 bits per heavy atom. The summed E-state index contributed by atoms with van der Waals surface area (Å²) in [5.74, 6) is 0.665. The van der Waals surface area contributed by atoms with E-state index in [-0.39, 0.29) is 11.4 Å². The summed E-state index contributed by atoms with van der Waals surface area (Å²) >= 11 is 0. The number of anilines is 1. The first kappa shape index (κ1) is 11.3. The van der Waals surface area contributed by atoms with Gasteiger partial charge in [-0.3, -0.25) is 14.8 Å². The molecule has 0 aliphatic heterocycles. The van der Waals surface area contributed by atoms with E-state index >= 15 is 0 Å². The Balaban J connectivity index is 2.22. The molecular formula is C13H11N5O. The zero-order valence-electron chi connectivity index (χ0n) is 10.2. The Labute approximate surface area is 108 Å². The number of aromatic nitrogens is 4. The molecule has 0 radical (unpaired) electrons. The van der Waals surface area contributed by atoms with Crippen molar-refractivity contribution in [3.63, 3.8) is 0 Å². The quantitative estimate of drug-likeness (QED) is 0.680. The van der Waals surface area contributed by atoms with Crippen LogP contribution in [-0.2, 0) is 0 Å². The van der Waals surface area contributed by atoms with Crippen molar-refractivity contribution in [1.29, 1.82) is 0 Å². The van der Waals surface area contributed by atoms with Crippen molar-refractivity contribution in [1.82, 2.24) is 19.9 Å². The lowest BCUT2D eigenvalue weighted by Crippen LogP contribution is -2.15. The van der Waals surface area contributed by atoms with Gasteiger partial charge in [0.05, 0.1) is 16.6 Å².